The summed E-state index contributed by atoms with van der Waals surface area (Å²) in [7, 11) is -3.89. The van der Waals surface area contributed by atoms with Gasteiger partial charge in [0.2, 0.25) is 5.88 Å². The zero-order valence-electron chi connectivity index (χ0n) is 12.9. The number of sulfonamides is 1. The quantitative estimate of drug-likeness (QED) is 0.661. The van der Waals surface area contributed by atoms with Crippen molar-refractivity contribution in [3.63, 3.8) is 0 Å². The molecule has 0 atom stereocenters. The van der Waals surface area contributed by atoms with Crippen molar-refractivity contribution in [3.05, 3.63) is 46.1 Å². The fourth-order valence-corrected chi connectivity index (χ4v) is 2.90. The van der Waals surface area contributed by atoms with Crippen LogP contribution in [0.5, 0.6) is 0 Å². The average Bonchev–Trinajstić information content (AvgIpc) is 2.83. The highest BCUT2D eigenvalue weighted by atomic mass is 32.2. The van der Waals surface area contributed by atoms with E-state index < -0.39 is 14.9 Å². The molecule has 0 saturated heterocycles. The molecule has 8 nitrogen and oxygen atoms in total. The number of rotatable bonds is 5. The summed E-state index contributed by atoms with van der Waals surface area (Å²) in [5, 5.41) is 14.4. The van der Waals surface area contributed by atoms with Crippen molar-refractivity contribution in [1.82, 2.24) is 5.16 Å². The van der Waals surface area contributed by atoms with Gasteiger partial charge in [0.25, 0.3) is 15.7 Å². The first-order valence-corrected chi connectivity index (χ1v) is 8.28. The molecule has 0 aliphatic rings. The van der Waals surface area contributed by atoms with E-state index in [4.69, 9.17) is 4.52 Å². The second-order valence-corrected chi connectivity index (χ2v) is 7.96. The van der Waals surface area contributed by atoms with Gasteiger partial charge < -0.3 is 4.52 Å². The first-order chi connectivity index (χ1) is 10.6. The maximum Gasteiger partial charge on any atom is 0.269 e. The fourth-order valence-electron chi connectivity index (χ4n) is 1.92. The number of hydrogen-bond acceptors (Lipinski definition) is 6. The van der Waals surface area contributed by atoms with Gasteiger partial charge in [0, 0.05) is 18.2 Å². The molecule has 0 bridgehead atoms. The number of nitro benzene ring substituents is 1. The summed E-state index contributed by atoms with van der Waals surface area (Å²) in [6.45, 7) is 6.09. The summed E-state index contributed by atoms with van der Waals surface area (Å²) in [5.74, 6) is 0.00241. The standard InChI is InChI=1S/C14H17N3O5S/c1-14(2,3)9-10-8-13(22-15-10)16-23(20,21)12-6-4-11(5-7-12)17(18)19/h4-8,16H,9H2,1-3H3. The Kier molecular flexibility index (Phi) is 4.42. The summed E-state index contributed by atoms with van der Waals surface area (Å²) in [6, 6.07) is 6.09. The number of non-ortho nitro benzene ring substituents is 1. The van der Waals surface area contributed by atoms with Gasteiger partial charge in [0.05, 0.1) is 15.5 Å². The largest absolute Gasteiger partial charge is 0.338 e. The lowest BCUT2D eigenvalue weighted by Gasteiger charge is -2.14. The summed E-state index contributed by atoms with van der Waals surface area (Å²) < 4.78 is 31.7. The van der Waals surface area contributed by atoms with Crippen molar-refractivity contribution >= 4 is 21.6 Å². The van der Waals surface area contributed by atoms with E-state index in [9.17, 15) is 18.5 Å². The summed E-state index contributed by atoms with van der Waals surface area (Å²) in [5.41, 5.74) is 0.445. The molecule has 0 amide bonds. The van der Waals surface area contributed by atoms with Crippen LogP contribution in [0, 0.1) is 15.5 Å². The van der Waals surface area contributed by atoms with Crippen molar-refractivity contribution in [1.29, 1.82) is 0 Å². The molecule has 9 heteroatoms. The molecule has 1 aromatic heterocycles. The smallest absolute Gasteiger partial charge is 0.269 e. The third-order valence-corrected chi connectivity index (χ3v) is 4.23. The SMILES string of the molecule is CC(C)(C)Cc1cc(NS(=O)(=O)c2ccc([N+](=O)[O-])cc2)on1. The lowest BCUT2D eigenvalue weighted by atomic mass is 9.91. The van der Waals surface area contributed by atoms with E-state index in [0.717, 1.165) is 24.3 Å². The van der Waals surface area contributed by atoms with Gasteiger partial charge in [0.1, 0.15) is 0 Å². The molecule has 0 aliphatic carbocycles. The summed E-state index contributed by atoms with van der Waals surface area (Å²) in [6.07, 6.45) is 0.635. The van der Waals surface area contributed by atoms with E-state index in [0.29, 0.717) is 12.1 Å². The predicted octanol–water partition coefficient (Wildman–Crippen LogP) is 2.97. The zero-order chi connectivity index (χ0) is 17.3. The Morgan fingerprint density at radius 1 is 1.26 bits per heavy atom. The van der Waals surface area contributed by atoms with Crippen LogP contribution in [0.3, 0.4) is 0 Å². The molecule has 1 heterocycles. The highest BCUT2D eigenvalue weighted by Gasteiger charge is 2.20. The molecule has 1 N–H and O–H groups in total. The molecule has 124 valence electrons. The van der Waals surface area contributed by atoms with Crippen molar-refractivity contribution < 1.29 is 17.9 Å². The van der Waals surface area contributed by atoms with Gasteiger partial charge in [-0.3, -0.25) is 10.1 Å². The first-order valence-electron chi connectivity index (χ1n) is 6.80. The van der Waals surface area contributed by atoms with E-state index >= 15 is 0 Å². The fraction of sp³-hybridized carbons (Fsp3) is 0.357. The monoisotopic (exact) mass is 339 g/mol. The number of anilines is 1. The Bertz CT molecular complexity index is 804. The molecule has 1 aromatic carbocycles. The number of nitrogens with zero attached hydrogens (tertiary/aromatic N) is 2. The number of benzene rings is 1. The highest BCUT2D eigenvalue weighted by Crippen LogP contribution is 2.23. The van der Waals surface area contributed by atoms with Gasteiger partial charge in [-0.25, -0.2) is 13.1 Å². The normalized spacial score (nSPS) is 12.1. The van der Waals surface area contributed by atoms with Crippen LogP contribution in [0.2, 0.25) is 0 Å². The van der Waals surface area contributed by atoms with Gasteiger partial charge in [-0.1, -0.05) is 25.9 Å². The van der Waals surface area contributed by atoms with Crippen LogP contribution in [0.1, 0.15) is 26.5 Å². The number of aromatic nitrogens is 1. The van der Waals surface area contributed by atoms with E-state index in [-0.39, 0.29) is 21.9 Å². The first kappa shape index (κ1) is 16.9. The lowest BCUT2D eigenvalue weighted by Crippen LogP contribution is -2.12. The van der Waals surface area contributed by atoms with Gasteiger partial charge in [-0.05, 0) is 24.0 Å². The topological polar surface area (TPSA) is 115 Å². The Hall–Kier alpha value is -2.42. The van der Waals surface area contributed by atoms with Crippen LogP contribution in [-0.2, 0) is 16.4 Å². The van der Waals surface area contributed by atoms with Crippen molar-refractivity contribution in [2.24, 2.45) is 5.41 Å². The summed E-state index contributed by atoms with van der Waals surface area (Å²) >= 11 is 0. The molecule has 2 rings (SSSR count). The van der Waals surface area contributed by atoms with E-state index in [1.807, 2.05) is 20.8 Å². The molecule has 0 radical (unpaired) electrons. The molecular formula is C14H17N3O5S. The molecule has 0 spiro atoms. The Labute approximate surface area is 133 Å². The van der Waals surface area contributed by atoms with E-state index in [1.165, 1.54) is 6.07 Å². The van der Waals surface area contributed by atoms with Crippen molar-refractivity contribution in [2.75, 3.05) is 4.72 Å². The zero-order valence-corrected chi connectivity index (χ0v) is 13.8. The molecule has 0 saturated carbocycles. The minimum absolute atomic E-state index is 0.00241. The van der Waals surface area contributed by atoms with Gasteiger partial charge in [-0.2, -0.15) is 0 Å². The van der Waals surface area contributed by atoms with Crippen LogP contribution in [0.15, 0.2) is 39.8 Å². The minimum Gasteiger partial charge on any atom is -0.338 e. The van der Waals surface area contributed by atoms with Crippen molar-refractivity contribution in [2.45, 2.75) is 32.1 Å². The maximum absolute atomic E-state index is 12.2. The predicted molar refractivity (Wildman–Crippen MR) is 83.6 cm³/mol. The number of nitrogens with one attached hydrogen (secondary N) is 1. The highest BCUT2D eigenvalue weighted by molar-refractivity contribution is 7.92. The number of hydrogen-bond donors (Lipinski definition) is 1. The van der Waals surface area contributed by atoms with E-state index in [1.54, 1.807) is 0 Å². The lowest BCUT2D eigenvalue weighted by molar-refractivity contribution is -0.384. The maximum atomic E-state index is 12.2. The van der Waals surface area contributed by atoms with Gasteiger partial charge in [0.15, 0.2) is 0 Å². The van der Waals surface area contributed by atoms with Crippen molar-refractivity contribution in [3.8, 4) is 0 Å². The van der Waals surface area contributed by atoms with Crippen LogP contribution >= 0.6 is 0 Å². The Balaban J connectivity index is 2.16. The van der Waals surface area contributed by atoms with Crippen LogP contribution in [-0.4, -0.2) is 18.5 Å². The second-order valence-electron chi connectivity index (χ2n) is 6.28. The average molecular weight is 339 g/mol. The van der Waals surface area contributed by atoms with E-state index in [2.05, 4.69) is 9.88 Å². The second kappa shape index (κ2) is 5.99. The Morgan fingerprint density at radius 2 is 1.87 bits per heavy atom. The minimum atomic E-state index is -3.89. The third-order valence-electron chi connectivity index (χ3n) is 2.86. The van der Waals surface area contributed by atoms with Crippen LogP contribution < -0.4 is 4.72 Å². The molecule has 0 aliphatic heterocycles. The Morgan fingerprint density at radius 3 is 2.39 bits per heavy atom. The molecule has 0 unspecified atom stereocenters. The molecular weight excluding hydrogens is 322 g/mol. The van der Waals surface area contributed by atoms with Crippen LogP contribution in [0.4, 0.5) is 11.6 Å². The molecule has 23 heavy (non-hydrogen) atoms. The number of nitro groups is 1. The molecule has 2 aromatic rings. The summed E-state index contributed by atoms with van der Waals surface area (Å²) in [4.78, 5) is 9.89. The van der Waals surface area contributed by atoms with Gasteiger partial charge in [-0.15, -0.1) is 0 Å². The van der Waals surface area contributed by atoms with Crippen LogP contribution in [0.25, 0.3) is 0 Å². The molecule has 0 fully saturated rings. The van der Waals surface area contributed by atoms with Gasteiger partial charge >= 0.3 is 0 Å². The third kappa shape index (κ3) is 4.52.